The smallest absolute Gasteiger partial charge is 0.329 e. The van der Waals surface area contributed by atoms with Gasteiger partial charge in [0.25, 0.3) is 17.4 Å². The fourth-order valence-corrected chi connectivity index (χ4v) is 3.55. The average molecular weight is 473 g/mol. The second-order valence-electron chi connectivity index (χ2n) is 7.66. The third-order valence-electron chi connectivity index (χ3n) is 5.19. The monoisotopic (exact) mass is 473 g/mol. The molecule has 0 fully saturated rings. The number of amides is 2. The van der Waals surface area contributed by atoms with Crippen LogP contribution < -0.4 is 26.8 Å². The third-order valence-corrected chi connectivity index (χ3v) is 5.19. The zero-order valence-corrected chi connectivity index (χ0v) is 18.9. The maximum atomic E-state index is 12.5. The molecule has 2 aromatic heterocycles. The first-order chi connectivity index (χ1) is 17.0. The number of hydrogen-bond donors (Lipinski definition) is 3. The summed E-state index contributed by atoms with van der Waals surface area (Å²) in [6.45, 7) is 1.93. The van der Waals surface area contributed by atoms with E-state index in [0.717, 1.165) is 11.1 Å². The van der Waals surface area contributed by atoms with E-state index in [1.807, 2.05) is 49.4 Å². The standard InChI is InChI=1S/C25H23N5O5/c1-2-12-30-22-19(24(33)27-25(30)34)13-17(14-26-22)23(32)29-28-21(31)15-35-20-11-7-6-10-18(20)16-8-4-3-5-9-16/h3-11,13-14H,2,12,15H2,1H3,(H,28,31)(H,29,32)(H,27,33,34). The molecule has 4 aromatic rings. The van der Waals surface area contributed by atoms with Gasteiger partial charge in [0.05, 0.1) is 10.9 Å². The van der Waals surface area contributed by atoms with E-state index in [9.17, 15) is 19.2 Å². The molecule has 4 rings (SSSR count). The summed E-state index contributed by atoms with van der Waals surface area (Å²) in [5.74, 6) is -0.731. The molecule has 0 radical (unpaired) electrons. The molecule has 0 aliphatic rings. The number of rotatable bonds is 7. The summed E-state index contributed by atoms with van der Waals surface area (Å²) < 4.78 is 7.00. The summed E-state index contributed by atoms with van der Waals surface area (Å²) in [6.07, 6.45) is 1.90. The SMILES string of the molecule is CCCn1c(=O)[nH]c(=O)c2cc(C(=O)NNC(=O)COc3ccccc3-c3ccccc3)cnc21. The molecule has 0 saturated carbocycles. The molecule has 0 atom stereocenters. The van der Waals surface area contributed by atoms with Crippen LogP contribution in [0.25, 0.3) is 22.2 Å². The van der Waals surface area contributed by atoms with Crippen LogP contribution >= 0.6 is 0 Å². The number of fused-ring (bicyclic) bond motifs is 1. The van der Waals surface area contributed by atoms with Gasteiger partial charge in [-0.2, -0.15) is 0 Å². The van der Waals surface area contributed by atoms with Crippen molar-refractivity contribution in [1.82, 2.24) is 25.4 Å². The number of pyridine rings is 1. The molecule has 0 aliphatic heterocycles. The van der Waals surface area contributed by atoms with E-state index in [4.69, 9.17) is 4.74 Å². The normalized spacial score (nSPS) is 10.7. The number of aromatic amines is 1. The Morgan fingerprint density at radius 3 is 2.54 bits per heavy atom. The summed E-state index contributed by atoms with van der Waals surface area (Å²) in [5, 5.41) is 0.0953. The summed E-state index contributed by atoms with van der Waals surface area (Å²) in [5.41, 5.74) is 5.36. The van der Waals surface area contributed by atoms with E-state index in [-0.39, 0.29) is 23.2 Å². The Morgan fingerprint density at radius 1 is 1.03 bits per heavy atom. The van der Waals surface area contributed by atoms with Crippen LogP contribution in [0.4, 0.5) is 0 Å². The molecule has 2 heterocycles. The lowest BCUT2D eigenvalue weighted by Gasteiger charge is -2.12. The molecule has 0 aliphatic carbocycles. The number of para-hydroxylation sites is 1. The summed E-state index contributed by atoms with van der Waals surface area (Å²) >= 11 is 0. The van der Waals surface area contributed by atoms with Crippen LogP contribution in [-0.2, 0) is 11.3 Å². The van der Waals surface area contributed by atoms with E-state index >= 15 is 0 Å². The lowest BCUT2D eigenvalue weighted by Crippen LogP contribution is -2.44. The van der Waals surface area contributed by atoms with E-state index < -0.39 is 23.1 Å². The van der Waals surface area contributed by atoms with Gasteiger partial charge in [0.2, 0.25) is 0 Å². The van der Waals surface area contributed by atoms with Crippen molar-refractivity contribution in [2.75, 3.05) is 6.61 Å². The van der Waals surface area contributed by atoms with Crippen molar-refractivity contribution in [3.63, 3.8) is 0 Å². The zero-order chi connectivity index (χ0) is 24.8. The number of H-pyrrole nitrogens is 1. The first-order valence-corrected chi connectivity index (χ1v) is 11.0. The number of benzene rings is 2. The Bertz CT molecular complexity index is 1490. The molecule has 10 nitrogen and oxygen atoms in total. The van der Waals surface area contributed by atoms with Crippen molar-refractivity contribution in [1.29, 1.82) is 0 Å². The first-order valence-electron chi connectivity index (χ1n) is 11.0. The van der Waals surface area contributed by atoms with Gasteiger partial charge in [-0.25, -0.2) is 9.78 Å². The molecule has 0 unspecified atom stereocenters. The number of carbonyl (C=O) groups excluding carboxylic acids is 2. The maximum absolute atomic E-state index is 12.5. The molecular weight excluding hydrogens is 450 g/mol. The highest BCUT2D eigenvalue weighted by atomic mass is 16.5. The van der Waals surface area contributed by atoms with Gasteiger partial charge < -0.3 is 4.74 Å². The third kappa shape index (κ3) is 5.27. The lowest BCUT2D eigenvalue weighted by atomic mass is 10.1. The summed E-state index contributed by atoms with van der Waals surface area (Å²) in [4.78, 5) is 55.4. The van der Waals surface area contributed by atoms with Crippen LogP contribution in [0.2, 0.25) is 0 Å². The van der Waals surface area contributed by atoms with Crippen molar-refractivity contribution < 1.29 is 14.3 Å². The van der Waals surface area contributed by atoms with Gasteiger partial charge in [0.1, 0.15) is 11.4 Å². The fourth-order valence-electron chi connectivity index (χ4n) is 3.55. The molecule has 2 amide bonds. The van der Waals surface area contributed by atoms with Gasteiger partial charge in [0.15, 0.2) is 6.61 Å². The largest absolute Gasteiger partial charge is 0.483 e. The van der Waals surface area contributed by atoms with Crippen LogP contribution in [-0.4, -0.2) is 33.0 Å². The van der Waals surface area contributed by atoms with Crippen molar-refractivity contribution in [3.05, 3.63) is 93.3 Å². The van der Waals surface area contributed by atoms with Crippen LogP contribution in [0.3, 0.4) is 0 Å². The topological polar surface area (TPSA) is 135 Å². The summed E-state index contributed by atoms with van der Waals surface area (Å²) in [7, 11) is 0. The van der Waals surface area contributed by atoms with Crippen molar-refractivity contribution in [2.45, 2.75) is 19.9 Å². The van der Waals surface area contributed by atoms with Gasteiger partial charge in [-0.15, -0.1) is 0 Å². The molecule has 0 spiro atoms. The molecule has 2 aromatic carbocycles. The van der Waals surface area contributed by atoms with Gasteiger partial charge >= 0.3 is 5.69 Å². The number of carbonyl (C=O) groups is 2. The van der Waals surface area contributed by atoms with Gasteiger partial charge in [-0.3, -0.25) is 34.8 Å². The van der Waals surface area contributed by atoms with Crippen LogP contribution in [0.5, 0.6) is 5.75 Å². The molecular formula is C25H23N5O5. The number of hydrazine groups is 1. The maximum Gasteiger partial charge on any atom is 0.329 e. The summed E-state index contributed by atoms with van der Waals surface area (Å²) in [6, 6.07) is 18.2. The second kappa shape index (κ2) is 10.5. The molecule has 3 N–H and O–H groups in total. The Hall–Kier alpha value is -4.73. The fraction of sp³-hybridized carbons (Fsp3) is 0.160. The highest BCUT2D eigenvalue weighted by molar-refractivity contribution is 5.97. The second-order valence-corrected chi connectivity index (χ2v) is 7.66. The minimum absolute atomic E-state index is 0.0420. The van der Waals surface area contributed by atoms with E-state index in [1.165, 1.54) is 16.8 Å². The average Bonchev–Trinajstić information content (AvgIpc) is 2.89. The van der Waals surface area contributed by atoms with Crippen LogP contribution in [0, 0.1) is 0 Å². The van der Waals surface area contributed by atoms with E-state index in [1.54, 1.807) is 12.1 Å². The van der Waals surface area contributed by atoms with E-state index in [2.05, 4.69) is 20.8 Å². The molecule has 178 valence electrons. The molecule has 0 bridgehead atoms. The minimum atomic E-state index is -0.676. The predicted octanol–water partition coefficient (Wildman–Crippen LogP) is 2.00. The molecule has 10 heteroatoms. The Kier molecular flexibility index (Phi) is 7.01. The van der Waals surface area contributed by atoms with Gasteiger partial charge in [-0.1, -0.05) is 55.5 Å². The van der Waals surface area contributed by atoms with Crippen LogP contribution in [0.1, 0.15) is 23.7 Å². The number of aromatic nitrogens is 3. The van der Waals surface area contributed by atoms with Gasteiger partial charge in [-0.05, 0) is 24.1 Å². The molecule has 0 saturated heterocycles. The number of nitrogens with zero attached hydrogens (tertiary/aromatic N) is 2. The Labute approximate surface area is 199 Å². The van der Waals surface area contributed by atoms with Crippen molar-refractivity contribution >= 4 is 22.8 Å². The van der Waals surface area contributed by atoms with Crippen LogP contribution in [0.15, 0.2) is 76.4 Å². The highest BCUT2D eigenvalue weighted by Gasteiger charge is 2.14. The minimum Gasteiger partial charge on any atom is -0.483 e. The van der Waals surface area contributed by atoms with Gasteiger partial charge in [0, 0.05) is 18.3 Å². The van der Waals surface area contributed by atoms with Crippen molar-refractivity contribution in [2.24, 2.45) is 0 Å². The van der Waals surface area contributed by atoms with E-state index in [0.29, 0.717) is 18.7 Å². The van der Waals surface area contributed by atoms with Crippen molar-refractivity contribution in [3.8, 4) is 16.9 Å². The number of nitrogens with one attached hydrogen (secondary N) is 3. The zero-order valence-electron chi connectivity index (χ0n) is 18.9. The highest BCUT2D eigenvalue weighted by Crippen LogP contribution is 2.29. The lowest BCUT2D eigenvalue weighted by molar-refractivity contribution is -0.123. The Balaban J connectivity index is 1.41. The molecule has 35 heavy (non-hydrogen) atoms. The predicted molar refractivity (Wildman–Crippen MR) is 130 cm³/mol. The number of hydrogen-bond acceptors (Lipinski definition) is 6. The number of ether oxygens (including phenoxy) is 1. The number of aryl methyl sites for hydroxylation is 1. The Morgan fingerprint density at radius 2 is 1.77 bits per heavy atom. The first kappa shape index (κ1) is 23.4. The quantitative estimate of drug-likeness (QED) is 0.352.